The number of ether oxygens (including phenoxy) is 2. The van der Waals surface area contributed by atoms with Crippen LogP contribution in [-0.4, -0.2) is 70.7 Å². The Kier molecular flexibility index (Phi) is 6.58. The topological polar surface area (TPSA) is 144 Å². The second-order valence-corrected chi connectivity index (χ2v) is 8.95. The van der Waals surface area contributed by atoms with E-state index in [1.165, 1.54) is 23.2 Å². The number of benzene rings is 1. The lowest BCUT2D eigenvalue weighted by atomic mass is 9.99. The van der Waals surface area contributed by atoms with Gasteiger partial charge in [-0.15, -0.1) is 0 Å². The Morgan fingerprint density at radius 3 is 2.64 bits per heavy atom. The molecule has 0 radical (unpaired) electrons. The maximum atomic E-state index is 13.6. The Labute approximate surface area is 204 Å². The summed E-state index contributed by atoms with van der Waals surface area (Å²) in [5.41, 5.74) is 6.12. The summed E-state index contributed by atoms with van der Waals surface area (Å²) in [5.74, 6) is 0.559. The zero-order valence-corrected chi connectivity index (χ0v) is 19.5. The number of halogens is 2. The summed E-state index contributed by atoms with van der Waals surface area (Å²) in [5, 5.41) is 12.0. The molecular formula is C24H24F2N4O6. The quantitative estimate of drug-likeness (QED) is 0.513. The van der Waals surface area contributed by atoms with E-state index in [1.807, 2.05) is 0 Å². The number of likely N-dealkylation sites (tertiary alicyclic amines) is 1. The summed E-state index contributed by atoms with van der Waals surface area (Å²) in [6.07, 6.45) is -0.585. The molecule has 12 heteroatoms. The van der Waals surface area contributed by atoms with Crippen LogP contribution < -0.4 is 20.5 Å². The highest BCUT2D eigenvalue weighted by Gasteiger charge is 2.48. The number of nitrogens with zero attached hydrogens (tertiary/aromatic N) is 2. The van der Waals surface area contributed by atoms with Gasteiger partial charge in [0.1, 0.15) is 12.4 Å². The minimum atomic E-state index is -3.46. The summed E-state index contributed by atoms with van der Waals surface area (Å²) in [4.78, 5) is 40.0. The first-order chi connectivity index (χ1) is 16.9. The van der Waals surface area contributed by atoms with Crippen molar-refractivity contribution in [2.24, 2.45) is 11.7 Å². The van der Waals surface area contributed by atoms with Crippen LogP contribution in [0.1, 0.15) is 36.2 Å². The Morgan fingerprint density at radius 1 is 1.33 bits per heavy atom. The Hall–Kier alpha value is -4.14. The van der Waals surface area contributed by atoms with E-state index in [4.69, 9.17) is 20.3 Å². The molecule has 2 aliphatic heterocycles. The Bertz CT molecular complexity index is 1300. The number of carbonyl (C=O) groups excluding carboxylic acids is 2. The molecule has 0 bridgehead atoms. The number of hydrogen-bond acceptors (Lipinski definition) is 6. The Morgan fingerprint density at radius 2 is 2.06 bits per heavy atom. The zero-order valence-electron chi connectivity index (χ0n) is 19.5. The molecular weight excluding hydrogens is 478 g/mol. The number of rotatable bonds is 6. The minimum absolute atomic E-state index is 0.0744. The fourth-order valence-corrected chi connectivity index (χ4v) is 3.93. The molecule has 1 aromatic carbocycles. The van der Waals surface area contributed by atoms with Crippen molar-refractivity contribution in [1.82, 2.24) is 15.2 Å². The van der Waals surface area contributed by atoms with Gasteiger partial charge in [0.2, 0.25) is 5.88 Å². The van der Waals surface area contributed by atoms with Crippen molar-refractivity contribution in [2.45, 2.75) is 38.3 Å². The van der Waals surface area contributed by atoms with Crippen LogP contribution in [0.3, 0.4) is 0 Å². The van der Waals surface area contributed by atoms with Crippen LogP contribution in [0.2, 0.25) is 0 Å². The van der Waals surface area contributed by atoms with Gasteiger partial charge in [-0.05, 0) is 26.0 Å². The fraction of sp³-hybridized carbons (Fsp3) is 0.417. The molecule has 2 aliphatic rings. The number of alkyl halides is 2. The number of hydrogen-bond donors (Lipinski definition) is 3. The molecule has 0 spiro atoms. The summed E-state index contributed by atoms with van der Waals surface area (Å²) in [6.45, 7) is 3.86. The van der Waals surface area contributed by atoms with Crippen molar-refractivity contribution < 1.29 is 37.7 Å². The van der Waals surface area contributed by atoms with E-state index in [1.54, 1.807) is 13.8 Å². The van der Waals surface area contributed by atoms with Crippen LogP contribution >= 0.6 is 0 Å². The maximum Gasteiger partial charge on any atom is 0.407 e. The molecule has 2 aromatic rings. The van der Waals surface area contributed by atoms with Crippen molar-refractivity contribution in [3.63, 3.8) is 0 Å². The van der Waals surface area contributed by atoms with E-state index >= 15 is 0 Å². The average molecular weight is 502 g/mol. The first kappa shape index (κ1) is 25.0. The number of carbonyl (C=O) groups is 3. The molecule has 0 aliphatic carbocycles. The predicted molar refractivity (Wildman–Crippen MR) is 123 cm³/mol. The molecule has 4 rings (SSSR count). The van der Waals surface area contributed by atoms with Gasteiger partial charge in [-0.3, -0.25) is 9.59 Å². The van der Waals surface area contributed by atoms with Crippen molar-refractivity contribution in [2.75, 3.05) is 19.7 Å². The van der Waals surface area contributed by atoms with Crippen LogP contribution in [0.25, 0.3) is 10.8 Å². The largest absolute Gasteiger partial charge is 0.490 e. The number of nitrogens with one attached hydrogen (secondary N) is 1. The standard InChI is InChI=1S/C24H24F2N4O6/c1-12(2)36-19-6-17-16(5-18(19)20(27)31)14(4-3-13-9-30(10-13)23(33)34)8-28-21(17)35-11-15-7-24(25,26)22(32)29-15/h5-6,8,12-13,15H,7,9-11H2,1-2H3,(H2,27,31)(H,29,32)(H,33,34)/t15-/m0/s1. The molecule has 0 unspecified atom stereocenters. The summed E-state index contributed by atoms with van der Waals surface area (Å²) < 4.78 is 38.6. The number of nitrogens with two attached hydrogens (primary N) is 1. The second-order valence-electron chi connectivity index (χ2n) is 8.95. The highest BCUT2D eigenvalue weighted by Crippen LogP contribution is 2.34. The molecule has 3 amide bonds. The molecule has 0 saturated carbocycles. The van der Waals surface area contributed by atoms with E-state index in [9.17, 15) is 23.2 Å². The first-order valence-electron chi connectivity index (χ1n) is 11.2. The van der Waals surface area contributed by atoms with Crippen LogP contribution in [0.15, 0.2) is 18.3 Å². The number of primary amides is 1. The minimum Gasteiger partial charge on any atom is -0.490 e. The van der Waals surface area contributed by atoms with Gasteiger partial charge >= 0.3 is 12.0 Å². The van der Waals surface area contributed by atoms with Gasteiger partial charge in [0, 0.05) is 36.5 Å². The van der Waals surface area contributed by atoms with Gasteiger partial charge in [0.05, 0.1) is 29.2 Å². The fourth-order valence-electron chi connectivity index (χ4n) is 3.93. The number of carboxylic acid groups (broad SMARTS) is 1. The van der Waals surface area contributed by atoms with Crippen LogP contribution in [0, 0.1) is 17.8 Å². The smallest absolute Gasteiger partial charge is 0.407 e. The summed E-state index contributed by atoms with van der Waals surface area (Å²) >= 11 is 0. The third-order valence-electron chi connectivity index (χ3n) is 5.73. The third-order valence-corrected chi connectivity index (χ3v) is 5.73. The van der Waals surface area contributed by atoms with Crippen LogP contribution in [-0.2, 0) is 4.79 Å². The van der Waals surface area contributed by atoms with E-state index in [-0.39, 0.29) is 48.9 Å². The van der Waals surface area contributed by atoms with Crippen molar-refractivity contribution in [3.05, 3.63) is 29.5 Å². The van der Waals surface area contributed by atoms with Crippen molar-refractivity contribution in [3.8, 4) is 23.5 Å². The lowest BCUT2D eigenvalue weighted by Crippen LogP contribution is -2.48. The first-order valence-corrected chi connectivity index (χ1v) is 11.2. The van der Waals surface area contributed by atoms with Crippen LogP contribution in [0.5, 0.6) is 11.6 Å². The molecule has 1 aromatic heterocycles. The Balaban J connectivity index is 1.70. The monoisotopic (exact) mass is 502 g/mol. The third kappa shape index (κ3) is 5.10. The number of aromatic nitrogens is 1. The molecule has 10 nitrogen and oxygen atoms in total. The lowest BCUT2D eigenvalue weighted by Gasteiger charge is -2.33. The average Bonchev–Trinajstić information content (AvgIpc) is 3.01. The normalized spacial score (nSPS) is 18.9. The van der Waals surface area contributed by atoms with Gasteiger partial charge in [-0.25, -0.2) is 9.78 Å². The van der Waals surface area contributed by atoms with E-state index in [0.29, 0.717) is 16.3 Å². The van der Waals surface area contributed by atoms with Gasteiger partial charge in [-0.2, -0.15) is 8.78 Å². The highest BCUT2D eigenvalue weighted by molar-refractivity contribution is 6.03. The number of amides is 3. The van der Waals surface area contributed by atoms with Crippen LogP contribution in [0.4, 0.5) is 13.6 Å². The van der Waals surface area contributed by atoms with Gasteiger partial charge < -0.3 is 30.5 Å². The predicted octanol–water partition coefficient (Wildman–Crippen LogP) is 1.98. The molecule has 190 valence electrons. The molecule has 2 fully saturated rings. The van der Waals surface area contributed by atoms with E-state index in [2.05, 4.69) is 22.1 Å². The zero-order chi connectivity index (χ0) is 26.2. The molecule has 2 saturated heterocycles. The van der Waals surface area contributed by atoms with Crippen molar-refractivity contribution >= 4 is 28.7 Å². The molecule has 3 heterocycles. The number of fused-ring (bicyclic) bond motifs is 1. The summed E-state index contributed by atoms with van der Waals surface area (Å²) in [7, 11) is 0. The highest BCUT2D eigenvalue weighted by atomic mass is 19.3. The number of pyridine rings is 1. The van der Waals surface area contributed by atoms with Gasteiger partial charge in [-0.1, -0.05) is 11.8 Å². The van der Waals surface area contributed by atoms with Crippen molar-refractivity contribution in [1.29, 1.82) is 0 Å². The molecule has 1 atom stereocenters. The summed E-state index contributed by atoms with van der Waals surface area (Å²) in [6, 6.07) is 2.13. The van der Waals surface area contributed by atoms with E-state index in [0.717, 1.165) is 0 Å². The molecule has 36 heavy (non-hydrogen) atoms. The van der Waals surface area contributed by atoms with E-state index < -0.39 is 36.3 Å². The molecule has 4 N–H and O–H groups in total. The van der Waals surface area contributed by atoms with Gasteiger partial charge in [0.25, 0.3) is 11.8 Å². The maximum absolute atomic E-state index is 13.6. The SMILES string of the molecule is CC(C)Oc1cc2c(OC[C@@H]3CC(F)(F)C(=O)N3)ncc(C#CC3CN(C(=O)O)C3)c2cc1C(N)=O. The lowest BCUT2D eigenvalue weighted by molar-refractivity contribution is -0.139. The second kappa shape index (κ2) is 9.49. The van der Waals surface area contributed by atoms with Gasteiger partial charge in [0.15, 0.2) is 0 Å².